The van der Waals surface area contributed by atoms with E-state index in [0.29, 0.717) is 29.8 Å². The lowest BCUT2D eigenvalue weighted by atomic mass is 9.94. The predicted octanol–water partition coefficient (Wildman–Crippen LogP) is 4.82. The summed E-state index contributed by atoms with van der Waals surface area (Å²) in [5.41, 5.74) is 3.18. The fourth-order valence-corrected chi connectivity index (χ4v) is 6.36. The Morgan fingerprint density at radius 3 is 2.40 bits per heavy atom. The largest absolute Gasteiger partial charge is 0.496 e. The van der Waals surface area contributed by atoms with Crippen LogP contribution < -0.4 is 18.9 Å². The summed E-state index contributed by atoms with van der Waals surface area (Å²) in [5, 5.41) is 4.37. The molecule has 0 spiro atoms. The number of benzene rings is 3. The zero-order valence-electron chi connectivity index (χ0n) is 22.3. The highest BCUT2D eigenvalue weighted by molar-refractivity contribution is 7.93. The van der Waals surface area contributed by atoms with Crippen molar-refractivity contribution in [3.05, 3.63) is 72.8 Å². The van der Waals surface area contributed by atoms with Gasteiger partial charge in [0.1, 0.15) is 22.6 Å². The highest BCUT2D eigenvalue weighted by Crippen LogP contribution is 2.40. The maximum absolute atomic E-state index is 13.4. The molecule has 1 aliphatic rings. The number of methoxy groups -OCH3 is 3. The molecule has 1 unspecified atom stereocenters. The van der Waals surface area contributed by atoms with Crippen molar-refractivity contribution in [1.29, 1.82) is 0 Å². The minimum absolute atomic E-state index is 0.0296. The first-order valence-corrected chi connectivity index (χ1v) is 14.0. The van der Waals surface area contributed by atoms with Crippen LogP contribution in [0.3, 0.4) is 0 Å². The SMILES string of the molecule is C=CC(=O)N1CCC(c2cccc(-c3cc(OC)c4c(NS(=O)(=O)c5c(OC)cccc5OC)noc4c3)c2)C1. The molecule has 5 rings (SSSR count). The van der Waals surface area contributed by atoms with Gasteiger partial charge in [0.15, 0.2) is 16.3 Å². The molecule has 1 fully saturated rings. The monoisotopic (exact) mass is 563 g/mol. The lowest BCUT2D eigenvalue weighted by Gasteiger charge is -2.15. The standard InChI is InChI=1S/C29H29N3O7S/c1-5-26(33)32-13-12-20(17-32)18-8-6-9-19(14-18)21-15-24(38-4)27-25(16-21)39-30-29(27)31-40(34,35)28-22(36-2)10-7-11-23(28)37-3/h5-11,14-16,20H,1,12-13,17H2,2-4H3,(H,30,31). The fraction of sp³-hybridized carbons (Fsp3) is 0.241. The zero-order valence-corrected chi connectivity index (χ0v) is 23.2. The second kappa shape index (κ2) is 10.9. The van der Waals surface area contributed by atoms with Gasteiger partial charge in [-0.1, -0.05) is 42.1 Å². The normalized spacial score (nSPS) is 15.2. The first kappa shape index (κ1) is 27.1. The topological polar surface area (TPSA) is 120 Å². The number of nitrogens with one attached hydrogen (secondary N) is 1. The smallest absolute Gasteiger partial charge is 0.270 e. The lowest BCUT2D eigenvalue weighted by Crippen LogP contribution is -2.26. The second-order valence-electron chi connectivity index (χ2n) is 9.28. The van der Waals surface area contributed by atoms with Crippen molar-refractivity contribution in [2.75, 3.05) is 39.1 Å². The van der Waals surface area contributed by atoms with E-state index >= 15 is 0 Å². The van der Waals surface area contributed by atoms with Gasteiger partial charge in [0, 0.05) is 19.0 Å². The van der Waals surface area contributed by atoms with Crippen LogP contribution in [0.15, 0.2) is 76.7 Å². The molecular formula is C29H29N3O7S. The number of ether oxygens (including phenoxy) is 3. The van der Waals surface area contributed by atoms with Crippen molar-refractivity contribution in [3.63, 3.8) is 0 Å². The third-order valence-electron chi connectivity index (χ3n) is 7.01. The highest BCUT2D eigenvalue weighted by Gasteiger charge is 2.29. The average Bonchev–Trinajstić information content (AvgIpc) is 3.63. The third-order valence-corrected chi connectivity index (χ3v) is 8.41. The number of nitrogens with zero attached hydrogens (tertiary/aromatic N) is 2. The molecule has 1 aromatic heterocycles. The zero-order chi connectivity index (χ0) is 28.4. The molecule has 11 heteroatoms. The molecule has 0 radical (unpaired) electrons. The van der Waals surface area contributed by atoms with E-state index in [9.17, 15) is 13.2 Å². The molecule has 2 heterocycles. The summed E-state index contributed by atoms with van der Waals surface area (Å²) in [7, 11) is 0.0606. The van der Waals surface area contributed by atoms with Crippen molar-refractivity contribution >= 4 is 32.7 Å². The highest BCUT2D eigenvalue weighted by atomic mass is 32.2. The maximum atomic E-state index is 13.4. The van der Waals surface area contributed by atoms with Crippen LogP contribution in [0.5, 0.6) is 17.2 Å². The summed E-state index contributed by atoms with van der Waals surface area (Å²) < 4.78 is 51.1. The Kier molecular flexibility index (Phi) is 7.40. The minimum Gasteiger partial charge on any atom is -0.496 e. The van der Waals surface area contributed by atoms with E-state index in [1.165, 1.54) is 39.5 Å². The number of amides is 1. The van der Waals surface area contributed by atoms with E-state index in [1.54, 1.807) is 17.0 Å². The number of hydrogen-bond donors (Lipinski definition) is 1. The first-order chi connectivity index (χ1) is 19.3. The number of carbonyl (C=O) groups is 1. The number of likely N-dealkylation sites (tertiary alicyclic amines) is 1. The number of carbonyl (C=O) groups excluding carboxylic acids is 1. The molecule has 0 aliphatic carbocycles. The van der Waals surface area contributed by atoms with E-state index in [-0.39, 0.29) is 34.0 Å². The van der Waals surface area contributed by atoms with Gasteiger partial charge < -0.3 is 23.6 Å². The average molecular weight is 564 g/mol. The quantitative estimate of drug-likeness (QED) is 0.288. The lowest BCUT2D eigenvalue weighted by molar-refractivity contribution is -0.125. The van der Waals surface area contributed by atoms with Gasteiger partial charge in [-0.3, -0.25) is 9.52 Å². The van der Waals surface area contributed by atoms with Crippen LogP contribution in [0.4, 0.5) is 5.82 Å². The Bertz CT molecular complexity index is 1680. The summed E-state index contributed by atoms with van der Waals surface area (Å²) in [5.74, 6) is 0.744. The molecule has 0 saturated carbocycles. The van der Waals surface area contributed by atoms with Gasteiger partial charge in [0.05, 0.1) is 21.3 Å². The van der Waals surface area contributed by atoms with Crippen molar-refractivity contribution < 1.29 is 31.9 Å². The molecule has 1 atom stereocenters. The Morgan fingerprint density at radius 2 is 1.73 bits per heavy atom. The molecule has 10 nitrogen and oxygen atoms in total. The molecule has 40 heavy (non-hydrogen) atoms. The van der Waals surface area contributed by atoms with E-state index < -0.39 is 10.0 Å². The molecular weight excluding hydrogens is 534 g/mol. The van der Waals surface area contributed by atoms with Crippen LogP contribution in [0.25, 0.3) is 22.1 Å². The van der Waals surface area contributed by atoms with Crippen molar-refractivity contribution in [3.8, 4) is 28.4 Å². The van der Waals surface area contributed by atoms with Crippen LogP contribution in [-0.4, -0.2) is 58.8 Å². The van der Waals surface area contributed by atoms with E-state index in [4.69, 9.17) is 18.7 Å². The summed E-state index contributed by atoms with van der Waals surface area (Å²) in [6.07, 6.45) is 2.22. The molecule has 1 aliphatic heterocycles. The van der Waals surface area contributed by atoms with Gasteiger partial charge in [-0.15, -0.1) is 0 Å². The molecule has 4 aromatic rings. The minimum atomic E-state index is -4.19. The van der Waals surface area contributed by atoms with Gasteiger partial charge in [-0.2, -0.15) is 0 Å². The van der Waals surface area contributed by atoms with Crippen molar-refractivity contribution in [1.82, 2.24) is 10.1 Å². The van der Waals surface area contributed by atoms with Gasteiger partial charge in [-0.05, 0) is 53.5 Å². The number of fused-ring (bicyclic) bond motifs is 1. The van der Waals surface area contributed by atoms with Gasteiger partial charge >= 0.3 is 0 Å². The number of aromatic nitrogens is 1. The Morgan fingerprint density at radius 1 is 1.02 bits per heavy atom. The van der Waals surface area contributed by atoms with E-state index in [2.05, 4.69) is 28.6 Å². The number of hydrogen-bond acceptors (Lipinski definition) is 8. The number of anilines is 1. The summed E-state index contributed by atoms with van der Waals surface area (Å²) in [6.45, 7) is 4.91. The van der Waals surface area contributed by atoms with Gasteiger partial charge in [-0.25, -0.2) is 8.42 Å². The molecule has 0 bridgehead atoms. The molecule has 1 amide bonds. The third kappa shape index (κ3) is 4.95. The predicted molar refractivity (Wildman–Crippen MR) is 150 cm³/mol. The first-order valence-electron chi connectivity index (χ1n) is 12.5. The Balaban J connectivity index is 1.49. The van der Waals surface area contributed by atoms with E-state index in [1.807, 2.05) is 18.2 Å². The molecule has 1 saturated heterocycles. The van der Waals surface area contributed by atoms with Crippen LogP contribution in [-0.2, 0) is 14.8 Å². The van der Waals surface area contributed by atoms with Gasteiger partial charge in [0.25, 0.3) is 10.0 Å². The maximum Gasteiger partial charge on any atom is 0.270 e. The molecule has 3 aromatic carbocycles. The van der Waals surface area contributed by atoms with Gasteiger partial charge in [0.2, 0.25) is 5.91 Å². The van der Waals surface area contributed by atoms with Crippen molar-refractivity contribution in [2.24, 2.45) is 0 Å². The molecule has 1 N–H and O–H groups in total. The van der Waals surface area contributed by atoms with Crippen LogP contribution in [0.2, 0.25) is 0 Å². The number of rotatable bonds is 9. The van der Waals surface area contributed by atoms with E-state index in [0.717, 1.165) is 23.1 Å². The summed E-state index contributed by atoms with van der Waals surface area (Å²) in [6, 6.07) is 16.4. The van der Waals surface area contributed by atoms with Crippen LogP contribution in [0, 0.1) is 0 Å². The van der Waals surface area contributed by atoms with Crippen molar-refractivity contribution in [2.45, 2.75) is 17.2 Å². The fourth-order valence-electron chi connectivity index (χ4n) is 5.03. The van der Waals surface area contributed by atoms with Crippen LogP contribution >= 0.6 is 0 Å². The number of sulfonamides is 1. The summed E-state index contributed by atoms with van der Waals surface area (Å²) in [4.78, 5) is 13.7. The Hall–Kier alpha value is -4.51. The second-order valence-corrected chi connectivity index (χ2v) is 10.9. The van der Waals surface area contributed by atoms with Crippen LogP contribution in [0.1, 0.15) is 17.9 Å². The summed E-state index contributed by atoms with van der Waals surface area (Å²) >= 11 is 0. The molecule has 208 valence electrons. The Labute approximate surface area is 232 Å².